The van der Waals surface area contributed by atoms with Crippen molar-refractivity contribution < 1.29 is 19.8 Å². The van der Waals surface area contributed by atoms with Crippen molar-refractivity contribution in [3.8, 4) is 41.8 Å². The number of hydrogen-bond donors (Lipinski definition) is 2. The van der Waals surface area contributed by atoms with Gasteiger partial charge in [-0.1, -0.05) is 48.5 Å². The van der Waals surface area contributed by atoms with E-state index < -0.39 is 11.9 Å². The highest BCUT2D eigenvalue weighted by Crippen LogP contribution is 2.42. The van der Waals surface area contributed by atoms with Crippen LogP contribution in [0.4, 0.5) is 0 Å². The van der Waals surface area contributed by atoms with Crippen molar-refractivity contribution in [2.45, 2.75) is 22.6 Å². The molecule has 0 fully saturated rings. The second kappa shape index (κ2) is 12.5. The molecule has 0 aliphatic carbocycles. The molecule has 4 nitrogen and oxygen atoms in total. The van der Waals surface area contributed by atoms with E-state index in [2.05, 4.69) is 48.5 Å². The lowest BCUT2D eigenvalue weighted by Gasteiger charge is -2.03. The summed E-state index contributed by atoms with van der Waals surface area (Å²) in [6.45, 7) is 0. The standard InChI is InChI=1S/C32H26O4S4/c1-37-25-11-7-21(8-12-25)31-23(17-29(33)34)15-27(39-31)19-3-5-20(6-4-19)28-16-24(18-30(35)36)32(40-28)22-9-13-26(38-2)14-10-22/h3-16H,17-18H2,1-2H3,(H,33,34)(H,35,36). The first-order valence-electron chi connectivity index (χ1n) is 12.4. The molecule has 0 aliphatic rings. The van der Waals surface area contributed by atoms with E-state index in [9.17, 15) is 19.8 Å². The Morgan fingerprint density at radius 1 is 0.575 bits per heavy atom. The van der Waals surface area contributed by atoms with Crippen molar-refractivity contribution in [2.24, 2.45) is 0 Å². The van der Waals surface area contributed by atoms with E-state index in [-0.39, 0.29) is 12.8 Å². The van der Waals surface area contributed by atoms with Crippen LogP contribution in [0.1, 0.15) is 11.1 Å². The highest BCUT2D eigenvalue weighted by Gasteiger charge is 2.17. The van der Waals surface area contributed by atoms with Crippen LogP contribution in [-0.4, -0.2) is 34.7 Å². The van der Waals surface area contributed by atoms with Crippen LogP contribution in [0.2, 0.25) is 0 Å². The predicted octanol–water partition coefficient (Wildman–Crippen LogP) is 9.18. The summed E-state index contributed by atoms with van der Waals surface area (Å²) in [6.07, 6.45) is 4.00. The van der Waals surface area contributed by atoms with Gasteiger partial charge in [0.05, 0.1) is 12.8 Å². The van der Waals surface area contributed by atoms with Gasteiger partial charge in [0, 0.05) is 29.3 Å². The molecule has 2 heterocycles. The number of benzene rings is 3. The Labute approximate surface area is 249 Å². The quantitative estimate of drug-likeness (QED) is 0.155. The molecule has 0 spiro atoms. The number of hydrogen-bond acceptors (Lipinski definition) is 6. The zero-order valence-corrected chi connectivity index (χ0v) is 25.1. The minimum Gasteiger partial charge on any atom is -0.481 e. The molecule has 5 aromatic rings. The van der Waals surface area contributed by atoms with E-state index in [0.29, 0.717) is 0 Å². The Balaban J connectivity index is 1.47. The van der Waals surface area contributed by atoms with Gasteiger partial charge in [0.25, 0.3) is 0 Å². The van der Waals surface area contributed by atoms with Gasteiger partial charge >= 0.3 is 11.9 Å². The van der Waals surface area contributed by atoms with Crippen LogP contribution in [0.5, 0.6) is 0 Å². The summed E-state index contributed by atoms with van der Waals surface area (Å²) in [5.41, 5.74) is 5.68. The Morgan fingerprint density at radius 3 is 1.20 bits per heavy atom. The van der Waals surface area contributed by atoms with E-state index in [1.54, 1.807) is 46.2 Å². The van der Waals surface area contributed by atoms with Gasteiger partial charge in [0.15, 0.2) is 0 Å². The molecule has 2 N–H and O–H groups in total. The van der Waals surface area contributed by atoms with Crippen molar-refractivity contribution in [3.05, 3.63) is 96.1 Å². The second-order valence-electron chi connectivity index (χ2n) is 9.11. The van der Waals surface area contributed by atoms with Crippen molar-refractivity contribution in [1.29, 1.82) is 0 Å². The summed E-state index contributed by atoms with van der Waals surface area (Å²) < 4.78 is 0. The highest BCUT2D eigenvalue weighted by atomic mass is 32.2. The molecule has 5 rings (SSSR count). The van der Waals surface area contributed by atoms with Crippen LogP contribution in [0.15, 0.2) is 94.7 Å². The summed E-state index contributed by atoms with van der Waals surface area (Å²) in [7, 11) is 0. The fourth-order valence-electron chi connectivity index (χ4n) is 4.50. The van der Waals surface area contributed by atoms with Gasteiger partial charge in [-0.2, -0.15) is 0 Å². The number of rotatable bonds is 10. The van der Waals surface area contributed by atoms with Gasteiger partial charge in [-0.15, -0.1) is 46.2 Å². The maximum absolute atomic E-state index is 11.6. The van der Waals surface area contributed by atoms with Crippen LogP contribution in [-0.2, 0) is 22.4 Å². The van der Waals surface area contributed by atoms with Crippen LogP contribution in [0, 0.1) is 0 Å². The number of thiophene rings is 2. The smallest absolute Gasteiger partial charge is 0.307 e. The largest absolute Gasteiger partial charge is 0.481 e. The third-order valence-corrected chi connectivity index (χ3v) is 10.5. The molecular weight excluding hydrogens is 577 g/mol. The maximum Gasteiger partial charge on any atom is 0.307 e. The number of carboxylic acids is 2. The van der Waals surface area contributed by atoms with Crippen molar-refractivity contribution >= 4 is 58.1 Å². The van der Waals surface area contributed by atoms with Crippen LogP contribution in [0.25, 0.3) is 41.8 Å². The monoisotopic (exact) mass is 602 g/mol. The topological polar surface area (TPSA) is 74.6 Å². The number of aliphatic carboxylic acids is 2. The molecule has 2 aromatic heterocycles. The lowest BCUT2D eigenvalue weighted by molar-refractivity contribution is -0.137. The SMILES string of the molecule is CSc1ccc(-c2sc(-c3ccc(-c4cc(CC(=O)O)c(-c5ccc(SC)cc5)s4)cc3)cc2CC(=O)O)cc1. The van der Waals surface area contributed by atoms with Gasteiger partial charge in [0.2, 0.25) is 0 Å². The average molecular weight is 603 g/mol. The predicted molar refractivity (Wildman–Crippen MR) is 170 cm³/mol. The third kappa shape index (κ3) is 6.36. The fourth-order valence-corrected chi connectivity index (χ4v) is 7.70. The lowest BCUT2D eigenvalue weighted by atomic mass is 10.0. The van der Waals surface area contributed by atoms with E-state index in [1.165, 1.54) is 0 Å². The molecule has 202 valence electrons. The van der Waals surface area contributed by atoms with Crippen LogP contribution >= 0.6 is 46.2 Å². The summed E-state index contributed by atoms with van der Waals surface area (Å²) in [5, 5.41) is 19.0. The van der Waals surface area contributed by atoms with Gasteiger partial charge in [0.1, 0.15) is 0 Å². The van der Waals surface area contributed by atoms with Crippen LogP contribution in [0.3, 0.4) is 0 Å². The van der Waals surface area contributed by atoms with Crippen molar-refractivity contribution in [1.82, 2.24) is 0 Å². The molecule has 0 radical (unpaired) electrons. The van der Waals surface area contributed by atoms with Crippen LogP contribution < -0.4 is 0 Å². The molecular formula is C32H26O4S4. The Kier molecular flexibility index (Phi) is 8.81. The Hall–Kier alpha value is -3.30. The Bertz CT molecular complexity index is 1520. The van der Waals surface area contributed by atoms with Gasteiger partial charge in [-0.25, -0.2) is 0 Å². The summed E-state index contributed by atoms with van der Waals surface area (Å²) in [4.78, 5) is 29.5. The van der Waals surface area contributed by atoms with E-state index >= 15 is 0 Å². The molecule has 0 amide bonds. The zero-order chi connectivity index (χ0) is 28.2. The summed E-state index contributed by atoms with van der Waals surface area (Å²) in [6, 6.07) is 28.6. The van der Waals surface area contributed by atoms with Gasteiger partial charge < -0.3 is 10.2 Å². The lowest BCUT2D eigenvalue weighted by Crippen LogP contribution is -1.99. The minimum absolute atomic E-state index is 0.0313. The maximum atomic E-state index is 11.6. The Morgan fingerprint density at radius 2 is 0.900 bits per heavy atom. The number of carbonyl (C=O) groups is 2. The molecule has 8 heteroatoms. The molecule has 0 aliphatic heterocycles. The average Bonchev–Trinajstić information content (AvgIpc) is 3.57. The molecule has 0 bridgehead atoms. The number of carboxylic acid groups (broad SMARTS) is 2. The van der Waals surface area contributed by atoms with Crippen molar-refractivity contribution in [2.75, 3.05) is 12.5 Å². The first-order chi connectivity index (χ1) is 19.3. The van der Waals surface area contributed by atoms with E-state index in [1.807, 2.05) is 48.9 Å². The minimum atomic E-state index is -0.851. The van der Waals surface area contributed by atoms with Crippen molar-refractivity contribution in [3.63, 3.8) is 0 Å². The normalized spacial score (nSPS) is 11.1. The summed E-state index contributed by atoms with van der Waals surface area (Å²) in [5.74, 6) is -1.70. The third-order valence-electron chi connectivity index (χ3n) is 6.46. The first kappa shape index (κ1) is 28.2. The second-order valence-corrected chi connectivity index (χ2v) is 13.0. The molecule has 0 atom stereocenters. The summed E-state index contributed by atoms with van der Waals surface area (Å²) >= 11 is 6.55. The molecule has 0 saturated heterocycles. The molecule has 0 saturated carbocycles. The molecule has 3 aromatic carbocycles. The zero-order valence-electron chi connectivity index (χ0n) is 21.8. The molecule has 0 unspecified atom stereocenters. The van der Waals surface area contributed by atoms with Gasteiger partial charge in [-0.3, -0.25) is 9.59 Å². The number of thioether (sulfide) groups is 2. The van der Waals surface area contributed by atoms with Gasteiger partial charge in [-0.05, 0) is 82.3 Å². The van der Waals surface area contributed by atoms with E-state index in [0.717, 1.165) is 62.7 Å². The molecule has 40 heavy (non-hydrogen) atoms. The highest BCUT2D eigenvalue weighted by molar-refractivity contribution is 7.98. The van der Waals surface area contributed by atoms with E-state index in [4.69, 9.17) is 0 Å². The first-order valence-corrected chi connectivity index (χ1v) is 16.5. The fraction of sp³-hybridized carbons (Fsp3) is 0.125.